The average molecular weight is 238 g/mol. The van der Waals surface area contributed by atoms with Crippen LogP contribution in [0.25, 0.3) is 0 Å². The smallest absolute Gasteiger partial charge is 0.193 e. The molecule has 3 heteroatoms. The van der Waals surface area contributed by atoms with Crippen LogP contribution in [-0.4, -0.2) is 30.7 Å². The van der Waals surface area contributed by atoms with E-state index in [1.54, 1.807) is 28.1 Å². The summed E-state index contributed by atoms with van der Waals surface area (Å²) in [5.74, 6) is -0.984. The first-order valence-corrected chi connectivity index (χ1v) is 5.82. The Hall–Kier alpha value is -0.900. The van der Waals surface area contributed by atoms with Crippen molar-refractivity contribution in [1.82, 2.24) is 0 Å². The second-order valence-electron chi connectivity index (χ2n) is 4.61. The predicted molar refractivity (Wildman–Crippen MR) is 67.8 cm³/mol. The SMILES string of the molecule is COC(C)(OC)C(C)(O)CCc1ccccc1. The van der Waals surface area contributed by atoms with Gasteiger partial charge < -0.3 is 14.6 Å². The number of ether oxygens (including phenoxy) is 2. The van der Waals surface area contributed by atoms with E-state index in [4.69, 9.17) is 9.47 Å². The fraction of sp³-hybridized carbons (Fsp3) is 0.571. The fourth-order valence-electron chi connectivity index (χ4n) is 1.78. The van der Waals surface area contributed by atoms with E-state index in [9.17, 15) is 5.11 Å². The van der Waals surface area contributed by atoms with Crippen molar-refractivity contribution in [3.8, 4) is 0 Å². The van der Waals surface area contributed by atoms with E-state index in [1.807, 2.05) is 30.3 Å². The zero-order chi connectivity index (χ0) is 12.9. The summed E-state index contributed by atoms with van der Waals surface area (Å²) in [6, 6.07) is 10.1. The molecule has 0 aliphatic rings. The fourth-order valence-corrected chi connectivity index (χ4v) is 1.78. The van der Waals surface area contributed by atoms with E-state index >= 15 is 0 Å². The lowest BCUT2D eigenvalue weighted by Crippen LogP contribution is -2.53. The maximum atomic E-state index is 10.4. The molecule has 0 aliphatic heterocycles. The van der Waals surface area contributed by atoms with Crippen molar-refractivity contribution in [1.29, 1.82) is 0 Å². The Morgan fingerprint density at radius 3 is 2.06 bits per heavy atom. The summed E-state index contributed by atoms with van der Waals surface area (Å²) in [7, 11) is 3.08. The lowest BCUT2D eigenvalue weighted by Gasteiger charge is -2.40. The highest BCUT2D eigenvalue weighted by molar-refractivity contribution is 5.15. The second-order valence-corrected chi connectivity index (χ2v) is 4.61. The minimum Gasteiger partial charge on any atom is -0.385 e. The molecule has 1 aromatic carbocycles. The van der Waals surface area contributed by atoms with Gasteiger partial charge in [0, 0.05) is 14.2 Å². The van der Waals surface area contributed by atoms with Gasteiger partial charge in [0.25, 0.3) is 0 Å². The maximum absolute atomic E-state index is 10.4. The van der Waals surface area contributed by atoms with Gasteiger partial charge in [-0.15, -0.1) is 0 Å². The molecule has 0 aromatic heterocycles. The van der Waals surface area contributed by atoms with Gasteiger partial charge in [-0.2, -0.15) is 0 Å². The van der Waals surface area contributed by atoms with E-state index in [2.05, 4.69) is 0 Å². The predicted octanol–water partition coefficient (Wildman–Crippen LogP) is 2.38. The topological polar surface area (TPSA) is 38.7 Å². The molecular formula is C14H22O3. The molecule has 0 heterocycles. The highest BCUT2D eigenvalue weighted by Gasteiger charge is 2.43. The highest BCUT2D eigenvalue weighted by Crippen LogP contribution is 2.30. The Labute approximate surface area is 103 Å². The van der Waals surface area contributed by atoms with E-state index in [0.29, 0.717) is 6.42 Å². The first-order valence-electron chi connectivity index (χ1n) is 5.82. The van der Waals surface area contributed by atoms with Gasteiger partial charge in [-0.3, -0.25) is 0 Å². The van der Waals surface area contributed by atoms with Crippen molar-refractivity contribution in [3.63, 3.8) is 0 Å². The highest BCUT2D eigenvalue weighted by atomic mass is 16.7. The maximum Gasteiger partial charge on any atom is 0.193 e. The third-order valence-electron chi connectivity index (χ3n) is 3.50. The van der Waals surface area contributed by atoms with Gasteiger partial charge in [0.1, 0.15) is 5.60 Å². The Bertz CT molecular complexity index is 329. The van der Waals surface area contributed by atoms with Crippen molar-refractivity contribution >= 4 is 0 Å². The van der Waals surface area contributed by atoms with Gasteiger partial charge in [0.05, 0.1) is 0 Å². The summed E-state index contributed by atoms with van der Waals surface area (Å²) in [6.07, 6.45) is 1.37. The van der Waals surface area contributed by atoms with Crippen LogP contribution in [0, 0.1) is 0 Å². The zero-order valence-corrected chi connectivity index (χ0v) is 11.1. The molecule has 3 nitrogen and oxygen atoms in total. The number of benzene rings is 1. The zero-order valence-electron chi connectivity index (χ0n) is 11.1. The molecule has 0 fully saturated rings. The molecule has 0 radical (unpaired) electrons. The summed E-state index contributed by atoms with van der Waals surface area (Å²) >= 11 is 0. The summed E-state index contributed by atoms with van der Waals surface area (Å²) in [6.45, 7) is 3.49. The van der Waals surface area contributed by atoms with E-state index in [0.717, 1.165) is 6.42 Å². The molecule has 0 saturated heterocycles. The standard InChI is InChI=1S/C14H22O3/c1-13(15,14(2,16-3)17-4)11-10-12-8-6-5-7-9-12/h5-9,15H,10-11H2,1-4H3. The normalized spacial score (nSPS) is 15.6. The van der Waals surface area contributed by atoms with Gasteiger partial charge in [-0.25, -0.2) is 0 Å². The average Bonchev–Trinajstić information content (AvgIpc) is 2.36. The van der Waals surface area contributed by atoms with Crippen LogP contribution < -0.4 is 0 Å². The molecule has 1 rings (SSSR count). The van der Waals surface area contributed by atoms with Crippen LogP contribution >= 0.6 is 0 Å². The minimum absolute atomic E-state index is 0.579. The van der Waals surface area contributed by atoms with Gasteiger partial charge in [-0.05, 0) is 32.3 Å². The van der Waals surface area contributed by atoms with E-state index in [1.165, 1.54) is 5.56 Å². The third kappa shape index (κ3) is 3.28. The van der Waals surface area contributed by atoms with Gasteiger partial charge in [0.2, 0.25) is 0 Å². The molecular weight excluding hydrogens is 216 g/mol. The largest absolute Gasteiger partial charge is 0.385 e. The van der Waals surface area contributed by atoms with E-state index in [-0.39, 0.29) is 0 Å². The lowest BCUT2D eigenvalue weighted by molar-refractivity contribution is -0.287. The molecule has 96 valence electrons. The molecule has 0 bridgehead atoms. The number of aliphatic hydroxyl groups is 1. The van der Waals surface area contributed by atoms with Crippen molar-refractivity contribution < 1.29 is 14.6 Å². The quantitative estimate of drug-likeness (QED) is 0.773. The summed E-state index contributed by atoms with van der Waals surface area (Å²) in [5.41, 5.74) is 0.161. The van der Waals surface area contributed by atoms with Crippen LogP contribution in [0.2, 0.25) is 0 Å². The monoisotopic (exact) mass is 238 g/mol. The third-order valence-corrected chi connectivity index (χ3v) is 3.50. The molecule has 17 heavy (non-hydrogen) atoms. The Balaban J connectivity index is 2.67. The molecule has 1 unspecified atom stereocenters. The summed E-state index contributed by atoms with van der Waals surface area (Å²) < 4.78 is 10.5. The van der Waals surface area contributed by atoms with Crippen LogP contribution in [0.5, 0.6) is 0 Å². The number of hydrogen-bond acceptors (Lipinski definition) is 3. The molecule has 0 spiro atoms. The minimum atomic E-state index is -1.04. The van der Waals surface area contributed by atoms with Gasteiger partial charge in [0.15, 0.2) is 5.79 Å². The Kier molecular flexibility index (Phi) is 4.69. The number of methoxy groups -OCH3 is 2. The van der Waals surface area contributed by atoms with Crippen molar-refractivity contribution in [2.24, 2.45) is 0 Å². The van der Waals surface area contributed by atoms with Gasteiger partial charge in [-0.1, -0.05) is 30.3 Å². The summed E-state index contributed by atoms with van der Waals surface area (Å²) in [5, 5.41) is 10.4. The number of hydrogen-bond donors (Lipinski definition) is 1. The van der Waals surface area contributed by atoms with Crippen LogP contribution in [0.4, 0.5) is 0 Å². The molecule has 0 aliphatic carbocycles. The van der Waals surface area contributed by atoms with Crippen LogP contribution in [-0.2, 0) is 15.9 Å². The molecule has 0 saturated carbocycles. The molecule has 1 aromatic rings. The van der Waals surface area contributed by atoms with Crippen molar-refractivity contribution in [3.05, 3.63) is 35.9 Å². The van der Waals surface area contributed by atoms with Crippen LogP contribution in [0.1, 0.15) is 25.8 Å². The Morgan fingerprint density at radius 1 is 1.06 bits per heavy atom. The first kappa shape index (κ1) is 14.2. The second kappa shape index (κ2) is 5.63. The van der Waals surface area contributed by atoms with Crippen molar-refractivity contribution in [2.75, 3.05) is 14.2 Å². The molecule has 0 amide bonds. The number of aryl methyl sites for hydroxylation is 1. The van der Waals surface area contributed by atoms with Crippen LogP contribution in [0.15, 0.2) is 30.3 Å². The lowest BCUT2D eigenvalue weighted by atomic mass is 9.89. The molecule has 1 N–H and O–H groups in total. The Morgan fingerprint density at radius 2 is 1.59 bits per heavy atom. The molecule has 1 atom stereocenters. The van der Waals surface area contributed by atoms with E-state index < -0.39 is 11.4 Å². The van der Waals surface area contributed by atoms with Crippen molar-refractivity contribution in [2.45, 2.75) is 38.1 Å². The summed E-state index contributed by atoms with van der Waals surface area (Å²) in [4.78, 5) is 0. The first-order chi connectivity index (χ1) is 7.95. The van der Waals surface area contributed by atoms with Gasteiger partial charge >= 0.3 is 0 Å². The number of rotatable bonds is 6. The van der Waals surface area contributed by atoms with Crippen LogP contribution in [0.3, 0.4) is 0 Å².